The molecular formula is C16H14O4. The van der Waals surface area contributed by atoms with E-state index < -0.39 is 12.1 Å². The molecule has 0 spiro atoms. The third kappa shape index (κ3) is 2.45. The maximum absolute atomic E-state index is 12.1. The standard InChI is InChI=1S/C16H14O4/c1-11-6-2-3-7-12(11)20-16(17)15-10-18-13-8-4-5-9-14(13)19-15/h2-9,15H,10H2,1H3/t15-/m0/s1. The highest BCUT2D eigenvalue weighted by atomic mass is 16.6. The van der Waals surface area contributed by atoms with Gasteiger partial charge in [-0.05, 0) is 30.7 Å². The van der Waals surface area contributed by atoms with Gasteiger partial charge in [-0.2, -0.15) is 0 Å². The van der Waals surface area contributed by atoms with Crippen molar-refractivity contribution in [1.29, 1.82) is 0 Å². The second-order valence-corrected chi connectivity index (χ2v) is 4.55. The summed E-state index contributed by atoms with van der Waals surface area (Å²) in [6, 6.07) is 14.6. The van der Waals surface area contributed by atoms with E-state index in [4.69, 9.17) is 14.2 Å². The molecule has 2 aromatic rings. The molecule has 2 aromatic carbocycles. The molecule has 0 aliphatic carbocycles. The van der Waals surface area contributed by atoms with Crippen LogP contribution in [0.4, 0.5) is 0 Å². The summed E-state index contributed by atoms with van der Waals surface area (Å²) in [4.78, 5) is 12.1. The summed E-state index contributed by atoms with van der Waals surface area (Å²) in [5, 5.41) is 0. The van der Waals surface area contributed by atoms with E-state index in [9.17, 15) is 4.79 Å². The number of hydrogen-bond donors (Lipinski definition) is 0. The SMILES string of the molecule is Cc1ccccc1OC(=O)[C@@H]1COc2ccccc2O1. The van der Waals surface area contributed by atoms with E-state index in [-0.39, 0.29) is 6.61 Å². The molecule has 0 unspecified atom stereocenters. The van der Waals surface area contributed by atoms with Gasteiger partial charge in [0.2, 0.25) is 6.10 Å². The molecule has 4 nitrogen and oxygen atoms in total. The maximum Gasteiger partial charge on any atom is 0.356 e. The van der Waals surface area contributed by atoms with Crippen molar-refractivity contribution in [3.8, 4) is 17.2 Å². The highest BCUT2D eigenvalue weighted by Gasteiger charge is 2.29. The Labute approximate surface area is 116 Å². The Hall–Kier alpha value is -2.49. The van der Waals surface area contributed by atoms with Gasteiger partial charge in [0.25, 0.3) is 0 Å². The lowest BCUT2D eigenvalue weighted by Gasteiger charge is -2.25. The van der Waals surface area contributed by atoms with Gasteiger partial charge in [-0.1, -0.05) is 30.3 Å². The minimum absolute atomic E-state index is 0.154. The molecule has 3 rings (SSSR count). The summed E-state index contributed by atoms with van der Waals surface area (Å²) in [6.45, 7) is 2.04. The minimum atomic E-state index is -0.746. The van der Waals surface area contributed by atoms with Crippen molar-refractivity contribution in [2.24, 2.45) is 0 Å². The summed E-state index contributed by atoms with van der Waals surface area (Å²) < 4.78 is 16.5. The molecule has 0 aromatic heterocycles. The van der Waals surface area contributed by atoms with Gasteiger partial charge in [0.1, 0.15) is 12.4 Å². The minimum Gasteiger partial charge on any atom is -0.485 e. The molecule has 0 radical (unpaired) electrons. The summed E-state index contributed by atoms with van der Waals surface area (Å²) in [7, 11) is 0. The van der Waals surface area contributed by atoms with Crippen LogP contribution in [0.3, 0.4) is 0 Å². The van der Waals surface area contributed by atoms with E-state index in [2.05, 4.69) is 0 Å². The van der Waals surface area contributed by atoms with Crippen molar-refractivity contribution in [2.75, 3.05) is 6.61 Å². The van der Waals surface area contributed by atoms with E-state index in [1.54, 1.807) is 18.2 Å². The lowest BCUT2D eigenvalue weighted by atomic mass is 10.2. The van der Waals surface area contributed by atoms with Crippen LogP contribution in [0.15, 0.2) is 48.5 Å². The molecule has 102 valence electrons. The third-order valence-corrected chi connectivity index (χ3v) is 3.08. The summed E-state index contributed by atoms with van der Waals surface area (Å²) in [6.07, 6.45) is -0.746. The Morgan fingerprint density at radius 2 is 1.80 bits per heavy atom. The Morgan fingerprint density at radius 3 is 2.60 bits per heavy atom. The van der Waals surface area contributed by atoms with Crippen LogP contribution in [0.5, 0.6) is 17.2 Å². The fraction of sp³-hybridized carbons (Fsp3) is 0.188. The molecule has 0 bridgehead atoms. The topological polar surface area (TPSA) is 44.8 Å². The molecule has 0 N–H and O–H groups in total. The second kappa shape index (κ2) is 5.25. The number of carbonyl (C=O) groups is 1. The number of benzene rings is 2. The maximum atomic E-state index is 12.1. The van der Waals surface area contributed by atoms with Crippen molar-refractivity contribution in [3.63, 3.8) is 0 Å². The molecule has 4 heteroatoms. The molecule has 1 heterocycles. The number of carbonyl (C=O) groups excluding carboxylic acids is 1. The molecule has 1 aliphatic heterocycles. The predicted molar refractivity (Wildman–Crippen MR) is 73.2 cm³/mol. The van der Waals surface area contributed by atoms with Crippen molar-refractivity contribution in [3.05, 3.63) is 54.1 Å². The zero-order valence-electron chi connectivity index (χ0n) is 11.0. The Morgan fingerprint density at radius 1 is 1.10 bits per heavy atom. The first kappa shape index (κ1) is 12.5. The number of hydrogen-bond acceptors (Lipinski definition) is 4. The highest BCUT2D eigenvalue weighted by molar-refractivity contribution is 5.78. The fourth-order valence-corrected chi connectivity index (χ4v) is 1.98. The van der Waals surface area contributed by atoms with Gasteiger partial charge in [-0.25, -0.2) is 4.79 Å². The first-order valence-corrected chi connectivity index (χ1v) is 6.40. The van der Waals surface area contributed by atoms with Crippen molar-refractivity contribution >= 4 is 5.97 Å². The Bertz CT molecular complexity index is 636. The highest BCUT2D eigenvalue weighted by Crippen LogP contribution is 2.31. The number of aryl methyl sites for hydroxylation is 1. The third-order valence-electron chi connectivity index (χ3n) is 3.08. The lowest BCUT2D eigenvalue weighted by Crippen LogP contribution is -2.39. The summed E-state index contributed by atoms with van der Waals surface area (Å²) in [5.74, 6) is 1.30. The number of fused-ring (bicyclic) bond motifs is 1. The predicted octanol–water partition coefficient (Wildman–Crippen LogP) is 2.74. The monoisotopic (exact) mass is 270 g/mol. The second-order valence-electron chi connectivity index (χ2n) is 4.55. The van der Waals surface area contributed by atoms with Crippen molar-refractivity contribution in [2.45, 2.75) is 13.0 Å². The number of esters is 1. The molecule has 1 aliphatic rings. The van der Waals surface area contributed by atoms with E-state index in [1.165, 1.54) is 0 Å². The number of ether oxygens (including phenoxy) is 3. The molecule has 20 heavy (non-hydrogen) atoms. The Balaban J connectivity index is 1.72. The first-order valence-electron chi connectivity index (χ1n) is 6.40. The fourth-order valence-electron chi connectivity index (χ4n) is 1.98. The van der Waals surface area contributed by atoms with Crippen molar-refractivity contribution in [1.82, 2.24) is 0 Å². The smallest absolute Gasteiger partial charge is 0.356 e. The summed E-state index contributed by atoms with van der Waals surface area (Å²) in [5.41, 5.74) is 0.901. The van der Waals surface area contributed by atoms with Gasteiger partial charge in [-0.3, -0.25) is 0 Å². The summed E-state index contributed by atoms with van der Waals surface area (Å²) >= 11 is 0. The van der Waals surface area contributed by atoms with Crippen LogP contribution in [-0.4, -0.2) is 18.7 Å². The van der Waals surface area contributed by atoms with E-state index in [0.29, 0.717) is 17.2 Å². The van der Waals surface area contributed by atoms with Gasteiger partial charge < -0.3 is 14.2 Å². The number of para-hydroxylation sites is 3. The van der Waals surface area contributed by atoms with E-state index in [0.717, 1.165) is 5.56 Å². The lowest BCUT2D eigenvalue weighted by molar-refractivity contribution is -0.144. The zero-order valence-corrected chi connectivity index (χ0v) is 11.0. The van der Waals surface area contributed by atoms with Gasteiger partial charge >= 0.3 is 5.97 Å². The van der Waals surface area contributed by atoms with E-state index >= 15 is 0 Å². The largest absolute Gasteiger partial charge is 0.485 e. The van der Waals surface area contributed by atoms with Crippen LogP contribution in [0.1, 0.15) is 5.56 Å². The van der Waals surface area contributed by atoms with Gasteiger partial charge in [0.05, 0.1) is 0 Å². The molecular weight excluding hydrogens is 256 g/mol. The first-order chi connectivity index (χ1) is 9.74. The van der Waals surface area contributed by atoms with Crippen LogP contribution in [0, 0.1) is 6.92 Å². The number of rotatable bonds is 2. The van der Waals surface area contributed by atoms with Crippen LogP contribution >= 0.6 is 0 Å². The average molecular weight is 270 g/mol. The van der Waals surface area contributed by atoms with Crippen LogP contribution in [-0.2, 0) is 4.79 Å². The zero-order chi connectivity index (χ0) is 13.9. The normalized spacial score (nSPS) is 16.6. The molecule has 0 amide bonds. The van der Waals surface area contributed by atoms with Crippen LogP contribution < -0.4 is 14.2 Å². The average Bonchev–Trinajstić information content (AvgIpc) is 2.49. The molecule has 1 atom stereocenters. The van der Waals surface area contributed by atoms with Gasteiger partial charge in [0, 0.05) is 0 Å². The van der Waals surface area contributed by atoms with Gasteiger partial charge in [0.15, 0.2) is 11.5 Å². The molecule has 0 saturated carbocycles. The molecule has 0 saturated heterocycles. The quantitative estimate of drug-likeness (QED) is 0.621. The molecule has 0 fully saturated rings. The van der Waals surface area contributed by atoms with Crippen LogP contribution in [0.2, 0.25) is 0 Å². The Kier molecular flexibility index (Phi) is 3.29. The van der Waals surface area contributed by atoms with E-state index in [1.807, 2.05) is 37.3 Å². The van der Waals surface area contributed by atoms with Gasteiger partial charge in [-0.15, -0.1) is 0 Å². The van der Waals surface area contributed by atoms with Crippen molar-refractivity contribution < 1.29 is 19.0 Å². The van der Waals surface area contributed by atoms with Crippen LogP contribution in [0.25, 0.3) is 0 Å².